The summed E-state index contributed by atoms with van der Waals surface area (Å²) < 4.78 is 5.21. The zero-order chi connectivity index (χ0) is 19.0. The van der Waals surface area contributed by atoms with Crippen LogP contribution in [0.4, 0.5) is 5.82 Å². The molecule has 27 heavy (non-hydrogen) atoms. The maximum atomic E-state index is 12.6. The fourth-order valence-corrected chi connectivity index (χ4v) is 2.93. The van der Waals surface area contributed by atoms with Crippen LogP contribution >= 0.6 is 0 Å². The number of amides is 3. The number of imide groups is 1. The summed E-state index contributed by atoms with van der Waals surface area (Å²) in [4.78, 5) is 42.8. The number of nitrogens with one attached hydrogen (secondary N) is 1. The van der Waals surface area contributed by atoms with Gasteiger partial charge in [0.2, 0.25) is 0 Å². The van der Waals surface area contributed by atoms with Crippen LogP contribution in [0.3, 0.4) is 0 Å². The molecular weight excluding hydrogens is 346 g/mol. The Kier molecular flexibility index (Phi) is 4.04. The second-order valence-corrected chi connectivity index (χ2v) is 6.21. The Morgan fingerprint density at radius 1 is 1.11 bits per heavy atom. The molecule has 134 valence electrons. The average Bonchev–Trinajstić information content (AvgIpc) is 3.25. The maximum Gasteiger partial charge on any atom is 0.261 e. The van der Waals surface area contributed by atoms with Gasteiger partial charge in [0.25, 0.3) is 17.7 Å². The van der Waals surface area contributed by atoms with Crippen LogP contribution in [0.25, 0.3) is 0 Å². The van der Waals surface area contributed by atoms with Gasteiger partial charge in [-0.25, -0.2) is 4.98 Å². The predicted octanol–water partition coefficient (Wildman–Crippen LogP) is 3.03. The minimum Gasteiger partial charge on any atom is -0.467 e. The summed E-state index contributed by atoms with van der Waals surface area (Å²) in [5.74, 6) is -0.329. The lowest BCUT2D eigenvalue weighted by Gasteiger charge is -2.11. The number of hydrogen-bond donors (Lipinski definition) is 1. The number of carbonyl (C=O) groups is 3. The zero-order valence-electron chi connectivity index (χ0n) is 14.4. The number of pyridine rings is 1. The molecule has 1 aromatic carbocycles. The molecule has 0 radical (unpaired) electrons. The monoisotopic (exact) mass is 361 g/mol. The summed E-state index contributed by atoms with van der Waals surface area (Å²) in [6.45, 7) is 1.94. The van der Waals surface area contributed by atoms with Crippen molar-refractivity contribution in [2.45, 2.75) is 13.5 Å². The van der Waals surface area contributed by atoms with Crippen LogP contribution in [0.15, 0.2) is 59.3 Å². The van der Waals surface area contributed by atoms with Gasteiger partial charge in [-0.3, -0.25) is 19.3 Å². The smallest absolute Gasteiger partial charge is 0.261 e. The molecule has 0 fully saturated rings. The van der Waals surface area contributed by atoms with Crippen molar-refractivity contribution in [3.05, 3.63) is 82.9 Å². The Hall–Kier alpha value is -3.74. The first kappa shape index (κ1) is 16.7. The second kappa shape index (κ2) is 6.53. The summed E-state index contributed by atoms with van der Waals surface area (Å²) in [6, 6.07) is 11.4. The highest BCUT2D eigenvalue weighted by Crippen LogP contribution is 2.26. The van der Waals surface area contributed by atoms with Crippen LogP contribution in [0.1, 0.15) is 42.4 Å². The van der Waals surface area contributed by atoms with E-state index in [2.05, 4.69) is 10.3 Å². The fourth-order valence-electron chi connectivity index (χ4n) is 2.93. The Morgan fingerprint density at radius 2 is 1.93 bits per heavy atom. The molecule has 0 bridgehead atoms. The molecule has 0 aliphatic carbocycles. The van der Waals surface area contributed by atoms with Crippen LogP contribution in [0.5, 0.6) is 0 Å². The molecule has 3 amide bonds. The van der Waals surface area contributed by atoms with Crippen LogP contribution in [0, 0.1) is 6.92 Å². The molecule has 1 aliphatic heterocycles. The van der Waals surface area contributed by atoms with E-state index in [1.54, 1.807) is 24.4 Å². The third kappa shape index (κ3) is 3.10. The van der Waals surface area contributed by atoms with Crippen molar-refractivity contribution in [3.8, 4) is 0 Å². The van der Waals surface area contributed by atoms with Gasteiger partial charge in [0.05, 0.1) is 23.9 Å². The minimum absolute atomic E-state index is 0.0497. The number of nitrogens with zero attached hydrogens (tertiary/aromatic N) is 2. The van der Waals surface area contributed by atoms with E-state index in [0.717, 1.165) is 10.5 Å². The van der Waals surface area contributed by atoms with Crippen LogP contribution in [-0.4, -0.2) is 27.6 Å². The van der Waals surface area contributed by atoms with Gasteiger partial charge in [0.15, 0.2) is 0 Å². The Bertz CT molecular complexity index is 1060. The highest BCUT2D eigenvalue weighted by atomic mass is 16.3. The molecule has 0 spiro atoms. The fraction of sp³-hybridized carbons (Fsp3) is 0.100. The largest absolute Gasteiger partial charge is 0.467 e. The molecular formula is C20H15N3O4. The van der Waals surface area contributed by atoms with Crippen molar-refractivity contribution in [2.24, 2.45) is 0 Å². The van der Waals surface area contributed by atoms with Gasteiger partial charge >= 0.3 is 0 Å². The molecule has 1 N–H and O–H groups in total. The quantitative estimate of drug-likeness (QED) is 0.721. The molecule has 0 saturated carbocycles. The van der Waals surface area contributed by atoms with E-state index in [1.165, 1.54) is 24.5 Å². The minimum atomic E-state index is -0.449. The third-order valence-corrected chi connectivity index (χ3v) is 4.28. The van der Waals surface area contributed by atoms with Gasteiger partial charge < -0.3 is 9.73 Å². The Labute approximate surface area is 154 Å². The van der Waals surface area contributed by atoms with E-state index >= 15 is 0 Å². The SMILES string of the molecule is Cc1ccnc(NC(=O)c2ccc3c(c2)C(=O)N(Cc2ccco2)C3=O)c1. The topological polar surface area (TPSA) is 92.5 Å². The molecule has 2 aromatic heterocycles. The van der Waals surface area contributed by atoms with Crippen molar-refractivity contribution in [1.29, 1.82) is 0 Å². The Morgan fingerprint density at radius 3 is 2.67 bits per heavy atom. The van der Waals surface area contributed by atoms with Crippen LogP contribution in [-0.2, 0) is 6.54 Å². The highest BCUT2D eigenvalue weighted by Gasteiger charge is 2.36. The molecule has 7 heteroatoms. The lowest BCUT2D eigenvalue weighted by atomic mass is 10.1. The molecule has 0 atom stereocenters. The summed E-state index contributed by atoms with van der Waals surface area (Å²) >= 11 is 0. The number of aromatic nitrogens is 1. The van der Waals surface area contributed by atoms with Crippen molar-refractivity contribution < 1.29 is 18.8 Å². The number of rotatable bonds is 4. The number of fused-ring (bicyclic) bond motifs is 1. The van der Waals surface area contributed by atoms with E-state index in [-0.39, 0.29) is 23.2 Å². The van der Waals surface area contributed by atoms with Crippen molar-refractivity contribution >= 4 is 23.5 Å². The van der Waals surface area contributed by atoms with Gasteiger partial charge in [0, 0.05) is 11.8 Å². The lowest BCUT2D eigenvalue weighted by molar-refractivity contribution is 0.0631. The highest BCUT2D eigenvalue weighted by molar-refractivity contribution is 6.22. The van der Waals surface area contributed by atoms with E-state index in [0.29, 0.717) is 11.6 Å². The zero-order valence-corrected chi connectivity index (χ0v) is 14.4. The van der Waals surface area contributed by atoms with Gasteiger partial charge in [0.1, 0.15) is 11.6 Å². The number of carbonyl (C=O) groups excluding carboxylic acids is 3. The molecule has 0 saturated heterocycles. The van der Waals surface area contributed by atoms with Crippen LogP contribution in [0.2, 0.25) is 0 Å². The maximum absolute atomic E-state index is 12.6. The molecule has 3 aromatic rings. The first-order valence-corrected chi connectivity index (χ1v) is 8.29. The standard InChI is InChI=1S/C20H15N3O4/c1-12-6-7-21-17(9-12)22-18(24)13-4-5-15-16(10-13)20(26)23(19(15)25)11-14-3-2-8-27-14/h2-10H,11H2,1H3,(H,21,22,24). The normalized spacial score (nSPS) is 13.0. The van der Waals surface area contributed by atoms with Gasteiger partial charge in [-0.05, 0) is 55.0 Å². The van der Waals surface area contributed by atoms with E-state index in [1.807, 2.05) is 13.0 Å². The number of aryl methyl sites for hydroxylation is 1. The molecule has 3 heterocycles. The van der Waals surface area contributed by atoms with Crippen LogP contribution < -0.4 is 5.32 Å². The summed E-state index contributed by atoms with van der Waals surface area (Å²) in [6.07, 6.45) is 3.08. The summed E-state index contributed by atoms with van der Waals surface area (Å²) in [5, 5.41) is 2.69. The lowest BCUT2D eigenvalue weighted by Crippen LogP contribution is -2.28. The number of benzene rings is 1. The predicted molar refractivity (Wildman–Crippen MR) is 96.3 cm³/mol. The first-order valence-electron chi connectivity index (χ1n) is 8.29. The number of anilines is 1. The van der Waals surface area contributed by atoms with Crippen molar-refractivity contribution in [1.82, 2.24) is 9.88 Å². The van der Waals surface area contributed by atoms with Crippen molar-refractivity contribution in [2.75, 3.05) is 5.32 Å². The summed E-state index contributed by atoms with van der Waals surface area (Å²) in [5.41, 5.74) is 1.72. The van der Waals surface area contributed by atoms with Gasteiger partial charge in [-0.15, -0.1) is 0 Å². The Balaban J connectivity index is 1.58. The molecule has 1 aliphatic rings. The second-order valence-electron chi connectivity index (χ2n) is 6.21. The van der Waals surface area contributed by atoms with Gasteiger partial charge in [-0.1, -0.05) is 0 Å². The molecule has 7 nitrogen and oxygen atoms in total. The van der Waals surface area contributed by atoms with Crippen molar-refractivity contribution in [3.63, 3.8) is 0 Å². The number of furan rings is 1. The van der Waals surface area contributed by atoms with E-state index < -0.39 is 17.7 Å². The molecule has 4 rings (SSSR count). The summed E-state index contributed by atoms with van der Waals surface area (Å²) in [7, 11) is 0. The average molecular weight is 361 g/mol. The third-order valence-electron chi connectivity index (χ3n) is 4.28. The first-order chi connectivity index (χ1) is 13.0. The van der Waals surface area contributed by atoms with Gasteiger partial charge in [-0.2, -0.15) is 0 Å². The van der Waals surface area contributed by atoms with E-state index in [9.17, 15) is 14.4 Å². The molecule has 0 unspecified atom stereocenters. The number of hydrogen-bond acceptors (Lipinski definition) is 5. The van der Waals surface area contributed by atoms with E-state index in [4.69, 9.17) is 4.42 Å².